The van der Waals surface area contributed by atoms with Crippen LogP contribution in [0.25, 0.3) is 0 Å². The Balaban J connectivity index is 1.58. The molecule has 2 fully saturated rings. The van der Waals surface area contributed by atoms with E-state index in [0.717, 1.165) is 49.0 Å². The molecule has 0 radical (unpaired) electrons. The van der Waals surface area contributed by atoms with E-state index in [-0.39, 0.29) is 37.3 Å². The van der Waals surface area contributed by atoms with Crippen LogP contribution in [0.4, 0.5) is 5.69 Å². The van der Waals surface area contributed by atoms with E-state index in [1.165, 1.54) is 12.1 Å². The zero-order chi connectivity index (χ0) is 25.7. The molecule has 7 nitrogen and oxygen atoms in total. The van der Waals surface area contributed by atoms with E-state index in [1.54, 1.807) is 36.1 Å². The van der Waals surface area contributed by atoms with Gasteiger partial charge in [0, 0.05) is 11.1 Å². The summed E-state index contributed by atoms with van der Waals surface area (Å²) in [6, 6.07) is 12.4. The zero-order valence-corrected chi connectivity index (χ0v) is 21.2. The lowest BCUT2D eigenvalue weighted by molar-refractivity contribution is -0.140. The lowest BCUT2D eigenvalue weighted by Gasteiger charge is -2.35. The van der Waals surface area contributed by atoms with Crippen molar-refractivity contribution >= 4 is 41.0 Å². The molecule has 1 saturated carbocycles. The number of halogens is 1. The minimum atomic E-state index is -0.842. The maximum atomic E-state index is 13.6. The van der Waals surface area contributed by atoms with Gasteiger partial charge in [0.2, 0.25) is 11.8 Å². The molecule has 4 rings (SSSR count). The van der Waals surface area contributed by atoms with Gasteiger partial charge in [-0.3, -0.25) is 14.4 Å². The molecule has 1 atom stereocenters. The number of benzene rings is 2. The zero-order valence-electron chi connectivity index (χ0n) is 20.5. The SMILES string of the molecule is CCOC(=O)c1ccc(N2C(=O)CC(N(C(=O)Cc3ccc(Cl)cc3)C3CCCCCC3)C2=O)cc1. The average Bonchev–Trinajstić information content (AvgIpc) is 3.02. The van der Waals surface area contributed by atoms with Crippen LogP contribution >= 0.6 is 11.6 Å². The molecule has 1 aliphatic heterocycles. The molecule has 190 valence electrons. The summed E-state index contributed by atoms with van der Waals surface area (Å²) in [5, 5.41) is 0.591. The topological polar surface area (TPSA) is 84.0 Å². The molecule has 0 spiro atoms. The van der Waals surface area contributed by atoms with Crippen molar-refractivity contribution < 1.29 is 23.9 Å². The van der Waals surface area contributed by atoms with Gasteiger partial charge in [0.25, 0.3) is 5.91 Å². The Bertz CT molecular complexity index is 1110. The van der Waals surface area contributed by atoms with Crippen molar-refractivity contribution in [1.82, 2.24) is 4.90 Å². The molecule has 0 bridgehead atoms. The quantitative estimate of drug-likeness (QED) is 0.299. The second-order valence-electron chi connectivity index (χ2n) is 9.30. The minimum absolute atomic E-state index is 0.0542. The third kappa shape index (κ3) is 5.78. The standard InChI is InChI=1S/C28H31ClN2O5/c1-2-36-28(35)20-11-15-23(16-12-20)31-26(33)18-24(27(31)34)30(22-7-5-3-4-6-8-22)25(32)17-19-9-13-21(29)14-10-19/h9-16,22,24H,2-8,17-18H2,1H3. The summed E-state index contributed by atoms with van der Waals surface area (Å²) < 4.78 is 5.01. The molecule has 1 heterocycles. The Hall–Kier alpha value is -3.19. The van der Waals surface area contributed by atoms with Crippen molar-refractivity contribution in [2.45, 2.75) is 70.4 Å². The van der Waals surface area contributed by atoms with Crippen LogP contribution < -0.4 is 4.90 Å². The molecule has 0 aromatic heterocycles. The molecular weight excluding hydrogens is 480 g/mol. The Morgan fingerprint density at radius 3 is 2.22 bits per heavy atom. The largest absolute Gasteiger partial charge is 0.462 e. The van der Waals surface area contributed by atoms with Crippen LogP contribution in [0.1, 0.15) is 67.8 Å². The fourth-order valence-electron chi connectivity index (χ4n) is 5.10. The molecule has 2 aliphatic rings. The first-order valence-corrected chi connectivity index (χ1v) is 13.0. The number of anilines is 1. The van der Waals surface area contributed by atoms with Crippen LogP contribution in [0.2, 0.25) is 5.02 Å². The summed E-state index contributed by atoms with van der Waals surface area (Å²) >= 11 is 6.00. The number of nitrogens with zero attached hydrogens (tertiary/aromatic N) is 2. The Morgan fingerprint density at radius 1 is 0.972 bits per heavy atom. The first-order chi connectivity index (χ1) is 17.4. The van der Waals surface area contributed by atoms with Gasteiger partial charge in [0.15, 0.2) is 0 Å². The van der Waals surface area contributed by atoms with Crippen LogP contribution in [0, 0.1) is 0 Å². The van der Waals surface area contributed by atoms with Gasteiger partial charge in [0.05, 0.1) is 30.7 Å². The van der Waals surface area contributed by atoms with Gasteiger partial charge in [-0.2, -0.15) is 0 Å². The highest BCUT2D eigenvalue weighted by Gasteiger charge is 2.46. The third-order valence-electron chi connectivity index (χ3n) is 6.87. The predicted octanol–water partition coefficient (Wildman–Crippen LogP) is 4.94. The molecule has 2 aromatic carbocycles. The molecule has 1 saturated heterocycles. The average molecular weight is 511 g/mol. The van der Waals surface area contributed by atoms with E-state index in [9.17, 15) is 19.2 Å². The Morgan fingerprint density at radius 2 is 1.61 bits per heavy atom. The van der Waals surface area contributed by atoms with E-state index in [0.29, 0.717) is 16.3 Å². The molecule has 8 heteroatoms. The van der Waals surface area contributed by atoms with Gasteiger partial charge in [-0.05, 0) is 61.7 Å². The van der Waals surface area contributed by atoms with E-state index in [2.05, 4.69) is 0 Å². The van der Waals surface area contributed by atoms with E-state index in [4.69, 9.17) is 16.3 Å². The normalized spacial score (nSPS) is 18.7. The maximum absolute atomic E-state index is 13.6. The highest BCUT2D eigenvalue weighted by atomic mass is 35.5. The molecule has 2 aromatic rings. The van der Waals surface area contributed by atoms with E-state index >= 15 is 0 Å². The summed E-state index contributed by atoms with van der Waals surface area (Å²) in [6.07, 6.45) is 5.91. The van der Waals surface area contributed by atoms with Gasteiger partial charge in [-0.25, -0.2) is 9.69 Å². The van der Waals surface area contributed by atoms with Crippen LogP contribution in [0.3, 0.4) is 0 Å². The van der Waals surface area contributed by atoms with Gasteiger partial charge >= 0.3 is 5.97 Å². The lowest BCUT2D eigenvalue weighted by Crippen LogP contribution is -2.51. The second kappa shape index (κ2) is 11.7. The molecule has 36 heavy (non-hydrogen) atoms. The number of carbonyl (C=O) groups is 4. The summed E-state index contributed by atoms with van der Waals surface area (Å²) in [5.74, 6) is -1.38. The number of hydrogen-bond acceptors (Lipinski definition) is 5. The maximum Gasteiger partial charge on any atom is 0.338 e. The molecule has 1 aliphatic carbocycles. The summed E-state index contributed by atoms with van der Waals surface area (Å²) in [7, 11) is 0. The summed E-state index contributed by atoms with van der Waals surface area (Å²) in [6.45, 7) is 1.98. The van der Waals surface area contributed by atoms with E-state index in [1.807, 2.05) is 12.1 Å². The van der Waals surface area contributed by atoms with E-state index < -0.39 is 17.9 Å². The van der Waals surface area contributed by atoms with Crippen molar-refractivity contribution in [3.8, 4) is 0 Å². The predicted molar refractivity (Wildman–Crippen MR) is 137 cm³/mol. The van der Waals surface area contributed by atoms with Crippen molar-refractivity contribution in [2.75, 3.05) is 11.5 Å². The highest BCUT2D eigenvalue weighted by Crippen LogP contribution is 2.31. The van der Waals surface area contributed by atoms with Crippen molar-refractivity contribution in [2.24, 2.45) is 0 Å². The number of amides is 3. The van der Waals surface area contributed by atoms with Crippen LogP contribution in [-0.4, -0.2) is 47.3 Å². The molecule has 3 amide bonds. The second-order valence-corrected chi connectivity index (χ2v) is 9.74. The van der Waals surface area contributed by atoms with Crippen molar-refractivity contribution in [3.05, 3.63) is 64.7 Å². The first-order valence-electron chi connectivity index (χ1n) is 12.6. The smallest absolute Gasteiger partial charge is 0.338 e. The van der Waals surface area contributed by atoms with Gasteiger partial charge in [0.1, 0.15) is 6.04 Å². The minimum Gasteiger partial charge on any atom is -0.462 e. The molecule has 1 unspecified atom stereocenters. The van der Waals surface area contributed by atoms with Crippen molar-refractivity contribution in [3.63, 3.8) is 0 Å². The molecular formula is C28H31ClN2O5. The van der Waals surface area contributed by atoms with Crippen LogP contribution in [-0.2, 0) is 25.5 Å². The Kier molecular flexibility index (Phi) is 8.41. The molecule has 0 N–H and O–H groups in total. The number of hydrogen-bond donors (Lipinski definition) is 0. The lowest BCUT2D eigenvalue weighted by atomic mass is 10.0. The first kappa shape index (κ1) is 25.9. The number of esters is 1. The van der Waals surface area contributed by atoms with Gasteiger partial charge < -0.3 is 9.64 Å². The Labute approximate surface area is 216 Å². The van der Waals surface area contributed by atoms with Gasteiger partial charge in [-0.15, -0.1) is 0 Å². The van der Waals surface area contributed by atoms with Gasteiger partial charge in [-0.1, -0.05) is 49.4 Å². The number of imide groups is 1. The fourth-order valence-corrected chi connectivity index (χ4v) is 5.23. The van der Waals surface area contributed by atoms with Crippen LogP contribution in [0.5, 0.6) is 0 Å². The monoisotopic (exact) mass is 510 g/mol. The van der Waals surface area contributed by atoms with Crippen molar-refractivity contribution in [1.29, 1.82) is 0 Å². The summed E-state index contributed by atoms with van der Waals surface area (Å²) in [5.41, 5.74) is 1.53. The fraction of sp³-hybridized carbons (Fsp3) is 0.429. The number of rotatable bonds is 7. The number of ether oxygens (including phenoxy) is 1. The third-order valence-corrected chi connectivity index (χ3v) is 7.12. The summed E-state index contributed by atoms with van der Waals surface area (Å²) in [4.78, 5) is 55.1. The highest BCUT2D eigenvalue weighted by molar-refractivity contribution is 6.30. The van der Waals surface area contributed by atoms with Crippen LogP contribution in [0.15, 0.2) is 48.5 Å². The number of carbonyl (C=O) groups excluding carboxylic acids is 4.